The molecule has 1 aliphatic rings. The molecule has 2 N–H and O–H groups in total. The molecule has 1 atom stereocenters. The maximum Gasteiger partial charge on any atom is 0.191 e. The van der Waals surface area contributed by atoms with Gasteiger partial charge in [0.25, 0.3) is 0 Å². The van der Waals surface area contributed by atoms with Gasteiger partial charge in [-0.2, -0.15) is 0 Å². The zero-order valence-corrected chi connectivity index (χ0v) is 18.6. The Morgan fingerprint density at radius 1 is 1.24 bits per heavy atom. The van der Waals surface area contributed by atoms with Crippen molar-refractivity contribution in [3.05, 3.63) is 34.9 Å². The molecule has 1 fully saturated rings. The van der Waals surface area contributed by atoms with Crippen LogP contribution in [0.25, 0.3) is 0 Å². The van der Waals surface area contributed by atoms with Crippen molar-refractivity contribution in [2.75, 3.05) is 46.3 Å². The predicted molar refractivity (Wildman–Crippen MR) is 118 cm³/mol. The second-order valence-corrected chi connectivity index (χ2v) is 6.69. The van der Waals surface area contributed by atoms with Gasteiger partial charge in [0.05, 0.1) is 0 Å². The van der Waals surface area contributed by atoms with Crippen LogP contribution < -0.4 is 10.6 Å². The van der Waals surface area contributed by atoms with Crippen LogP contribution in [0, 0.1) is 0 Å². The lowest BCUT2D eigenvalue weighted by Gasteiger charge is -2.37. The van der Waals surface area contributed by atoms with E-state index in [1.54, 1.807) is 7.05 Å². The average molecular weight is 480 g/mol. The van der Waals surface area contributed by atoms with Crippen molar-refractivity contribution in [2.45, 2.75) is 26.4 Å². The molecule has 142 valence electrons. The highest BCUT2D eigenvalue weighted by molar-refractivity contribution is 14.0. The summed E-state index contributed by atoms with van der Waals surface area (Å²) in [6, 6.07) is 8.37. The minimum atomic E-state index is 0. The maximum absolute atomic E-state index is 6.02. The van der Waals surface area contributed by atoms with Gasteiger partial charge in [0.15, 0.2) is 5.96 Å². The minimum Gasteiger partial charge on any atom is -0.355 e. The zero-order valence-electron chi connectivity index (χ0n) is 15.5. The number of benzene rings is 1. The van der Waals surface area contributed by atoms with Crippen LogP contribution in [0.4, 0.5) is 0 Å². The average Bonchev–Trinajstić information content (AvgIpc) is 2.61. The van der Waals surface area contributed by atoms with Crippen LogP contribution in [0.3, 0.4) is 0 Å². The molecular weight excluding hydrogens is 449 g/mol. The maximum atomic E-state index is 6.02. The third-order valence-corrected chi connectivity index (χ3v) is 4.85. The van der Waals surface area contributed by atoms with Crippen LogP contribution in [0.15, 0.2) is 29.3 Å². The number of hydrogen-bond donors (Lipinski definition) is 2. The number of rotatable bonds is 6. The van der Waals surface area contributed by atoms with Crippen LogP contribution in [0.2, 0.25) is 5.02 Å². The SMILES string of the molecule is CCN1CCN(C(C)CNC(=NC)NCc2cccc(Cl)c2)CC1.I. The summed E-state index contributed by atoms with van der Waals surface area (Å²) in [5.41, 5.74) is 1.15. The first kappa shape index (κ1) is 22.5. The summed E-state index contributed by atoms with van der Waals surface area (Å²) in [4.78, 5) is 9.35. The van der Waals surface area contributed by atoms with Crippen molar-refractivity contribution in [2.24, 2.45) is 4.99 Å². The summed E-state index contributed by atoms with van der Waals surface area (Å²) < 4.78 is 0. The molecule has 0 radical (unpaired) electrons. The number of aliphatic imine (C=N–C) groups is 1. The van der Waals surface area contributed by atoms with Crippen LogP contribution in [0.5, 0.6) is 0 Å². The molecule has 1 aromatic carbocycles. The molecule has 0 aliphatic carbocycles. The Labute approximate surface area is 174 Å². The summed E-state index contributed by atoms with van der Waals surface area (Å²) in [6.07, 6.45) is 0. The van der Waals surface area contributed by atoms with Gasteiger partial charge in [0.1, 0.15) is 0 Å². The summed E-state index contributed by atoms with van der Waals surface area (Å²) in [5, 5.41) is 7.53. The van der Waals surface area contributed by atoms with Crippen LogP contribution in [-0.2, 0) is 6.54 Å². The molecular formula is C18H31ClIN5. The molecule has 1 heterocycles. The van der Waals surface area contributed by atoms with E-state index in [-0.39, 0.29) is 24.0 Å². The molecule has 0 amide bonds. The van der Waals surface area contributed by atoms with Crippen molar-refractivity contribution in [3.8, 4) is 0 Å². The highest BCUT2D eigenvalue weighted by atomic mass is 127. The van der Waals surface area contributed by atoms with E-state index in [2.05, 4.69) is 45.3 Å². The van der Waals surface area contributed by atoms with Crippen molar-refractivity contribution >= 4 is 41.5 Å². The Balaban J connectivity index is 0.00000312. The summed E-state index contributed by atoms with van der Waals surface area (Å²) >= 11 is 6.02. The van der Waals surface area contributed by atoms with Crippen molar-refractivity contribution in [1.29, 1.82) is 0 Å². The third kappa shape index (κ3) is 7.68. The summed E-state index contributed by atoms with van der Waals surface area (Å²) in [5.74, 6) is 0.828. The molecule has 0 bridgehead atoms. The van der Waals surface area contributed by atoms with Gasteiger partial charge in [-0.25, -0.2) is 0 Å². The molecule has 1 saturated heterocycles. The Morgan fingerprint density at radius 2 is 1.96 bits per heavy atom. The molecule has 1 aromatic rings. The number of guanidine groups is 1. The smallest absolute Gasteiger partial charge is 0.191 e. The molecule has 2 rings (SSSR count). The number of nitrogens with one attached hydrogen (secondary N) is 2. The largest absolute Gasteiger partial charge is 0.355 e. The number of piperazine rings is 1. The zero-order chi connectivity index (χ0) is 17.4. The monoisotopic (exact) mass is 479 g/mol. The van der Waals surface area contributed by atoms with Gasteiger partial charge in [0, 0.05) is 57.4 Å². The Kier molecular flexibility index (Phi) is 10.7. The molecule has 0 aromatic heterocycles. The molecule has 0 spiro atoms. The Bertz CT molecular complexity index is 532. The molecule has 1 unspecified atom stereocenters. The van der Waals surface area contributed by atoms with E-state index < -0.39 is 0 Å². The fourth-order valence-electron chi connectivity index (χ4n) is 2.95. The van der Waals surface area contributed by atoms with E-state index in [1.165, 1.54) is 13.1 Å². The Morgan fingerprint density at radius 3 is 2.56 bits per heavy atom. The first-order chi connectivity index (χ1) is 11.6. The fraction of sp³-hybridized carbons (Fsp3) is 0.611. The molecule has 1 aliphatic heterocycles. The molecule has 7 heteroatoms. The third-order valence-electron chi connectivity index (χ3n) is 4.61. The second-order valence-electron chi connectivity index (χ2n) is 6.26. The van der Waals surface area contributed by atoms with E-state index in [1.807, 2.05) is 18.2 Å². The van der Waals surface area contributed by atoms with E-state index in [0.29, 0.717) is 12.6 Å². The predicted octanol–water partition coefficient (Wildman–Crippen LogP) is 2.65. The van der Waals surface area contributed by atoms with Crippen LogP contribution in [0.1, 0.15) is 19.4 Å². The van der Waals surface area contributed by atoms with Gasteiger partial charge in [0.2, 0.25) is 0 Å². The lowest BCUT2D eigenvalue weighted by molar-refractivity contribution is 0.107. The van der Waals surface area contributed by atoms with Crippen molar-refractivity contribution < 1.29 is 0 Å². The number of halogens is 2. The molecule has 0 saturated carbocycles. The molecule has 5 nitrogen and oxygen atoms in total. The van der Waals surface area contributed by atoms with E-state index in [0.717, 1.165) is 42.7 Å². The standard InChI is InChI=1S/C18H30ClN5.HI/c1-4-23-8-10-24(11-9-23)15(2)13-21-18(20-3)22-14-16-6-5-7-17(19)12-16;/h5-7,12,15H,4,8-11,13-14H2,1-3H3,(H2,20,21,22);1H. The van der Waals surface area contributed by atoms with Gasteiger partial charge >= 0.3 is 0 Å². The first-order valence-corrected chi connectivity index (χ1v) is 9.15. The highest BCUT2D eigenvalue weighted by Gasteiger charge is 2.20. The summed E-state index contributed by atoms with van der Waals surface area (Å²) in [6.45, 7) is 11.9. The first-order valence-electron chi connectivity index (χ1n) is 8.77. The van der Waals surface area contributed by atoms with E-state index >= 15 is 0 Å². The minimum absolute atomic E-state index is 0. The van der Waals surface area contributed by atoms with Gasteiger partial charge in [-0.05, 0) is 31.2 Å². The van der Waals surface area contributed by atoms with Gasteiger partial charge < -0.3 is 15.5 Å². The van der Waals surface area contributed by atoms with Gasteiger partial charge in [-0.15, -0.1) is 24.0 Å². The quantitative estimate of drug-likeness (QED) is 0.374. The topological polar surface area (TPSA) is 42.9 Å². The van der Waals surface area contributed by atoms with Crippen molar-refractivity contribution in [3.63, 3.8) is 0 Å². The number of hydrogen-bond acceptors (Lipinski definition) is 3. The fourth-order valence-corrected chi connectivity index (χ4v) is 3.16. The lowest BCUT2D eigenvalue weighted by Crippen LogP contribution is -2.53. The van der Waals surface area contributed by atoms with Gasteiger partial charge in [-0.3, -0.25) is 9.89 Å². The van der Waals surface area contributed by atoms with Crippen LogP contribution in [-0.4, -0.2) is 68.1 Å². The van der Waals surface area contributed by atoms with Crippen molar-refractivity contribution in [1.82, 2.24) is 20.4 Å². The van der Waals surface area contributed by atoms with Gasteiger partial charge in [-0.1, -0.05) is 30.7 Å². The number of likely N-dealkylation sites (N-methyl/N-ethyl adjacent to an activating group) is 1. The van der Waals surface area contributed by atoms with E-state index in [9.17, 15) is 0 Å². The molecule has 25 heavy (non-hydrogen) atoms. The van der Waals surface area contributed by atoms with Crippen LogP contribution >= 0.6 is 35.6 Å². The highest BCUT2D eigenvalue weighted by Crippen LogP contribution is 2.10. The lowest BCUT2D eigenvalue weighted by atomic mass is 10.2. The number of nitrogens with zero attached hydrogens (tertiary/aromatic N) is 3. The van der Waals surface area contributed by atoms with E-state index in [4.69, 9.17) is 11.6 Å². The Hall–Kier alpha value is -0.570. The summed E-state index contributed by atoms with van der Waals surface area (Å²) in [7, 11) is 1.80. The second kappa shape index (κ2) is 11.9. The normalized spacial score (nSPS) is 17.7.